The van der Waals surface area contributed by atoms with Crippen molar-refractivity contribution in [2.45, 2.75) is 17.4 Å². The van der Waals surface area contributed by atoms with Crippen LogP contribution < -0.4 is 14.8 Å². The van der Waals surface area contributed by atoms with E-state index in [0.29, 0.717) is 6.42 Å². The van der Waals surface area contributed by atoms with E-state index in [1.807, 2.05) is 0 Å². The second kappa shape index (κ2) is 9.01. The van der Waals surface area contributed by atoms with Gasteiger partial charge in [-0.2, -0.15) is 0 Å². The Morgan fingerprint density at radius 1 is 1.13 bits per heavy atom. The molecular weight excluding hydrogens is 475 g/mol. The van der Waals surface area contributed by atoms with Gasteiger partial charge >= 0.3 is 0 Å². The normalized spacial score (nSPS) is 18.0. The van der Waals surface area contributed by atoms with Gasteiger partial charge in [-0.25, -0.2) is 16.8 Å². The lowest BCUT2D eigenvalue weighted by Crippen LogP contribution is -2.38. The number of nitrogens with one attached hydrogen (secondary N) is 2. The Labute approximate surface area is 184 Å². The first kappa shape index (κ1) is 22.7. The molecule has 30 heavy (non-hydrogen) atoms. The number of hydrogen-bond acceptors (Lipinski definition) is 6. The van der Waals surface area contributed by atoms with E-state index >= 15 is 0 Å². The number of sulfonamides is 1. The minimum atomic E-state index is -3.99. The lowest BCUT2D eigenvalue weighted by atomic mass is 10.2. The summed E-state index contributed by atoms with van der Waals surface area (Å²) in [4.78, 5) is 12.0. The van der Waals surface area contributed by atoms with Gasteiger partial charge in [-0.3, -0.25) is 9.52 Å². The summed E-state index contributed by atoms with van der Waals surface area (Å²) >= 11 is 11.7. The number of hydrogen-bond donors (Lipinski definition) is 2. The highest BCUT2D eigenvalue weighted by molar-refractivity contribution is 7.92. The first-order valence-corrected chi connectivity index (χ1v) is 12.8. The van der Waals surface area contributed by atoms with E-state index in [1.165, 1.54) is 30.3 Å². The Kier molecular flexibility index (Phi) is 6.81. The van der Waals surface area contributed by atoms with Crippen LogP contribution in [-0.2, 0) is 24.7 Å². The molecule has 2 aromatic rings. The van der Waals surface area contributed by atoms with Crippen LogP contribution in [0.5, 0.6) is 5.75 Å². The molecule has 12 heteroatoms. The highest BCUT2D eigenvalue weighted by Crippen LogP contribution is 2.29. The summed E-state index contributed by atoms with van der Waals surface area (Å²) < 4.78 is 56.1. The predicted octanol–water partition coefficient (Wildman–Crippen LogP) is 2.48. The molecule has 0 bridgehead atoms. The molecule has 0 saturated carbocycles. The van der Waals surface area contributed by atoms with Crippen molar-refractivity contribution in [3.05, 3.63) is 52.5 Å². The number of benzene rings is 2. The number of amides is 1. The number of sulfone groups is 1. The Balaban J connectivity index is 1.67. The van der Waals surface area contributed by atoms with Gasteiger partial charge < -0.3 is 10.1 Å². The van der Waals surface area contributed by atoms with Gasteiger partial charge in [-0.05, 0) is 36.8 Å². The number of carbonyl (C=O) groups excluding carboxylic acids is 1. The van der Waals surface area contributed by atoms with Gasteiger partial charge in [-0.1, -0.05) is 35.3 Å². The topological polar surface area (TPSA) is 119 Å². The lowest BCUT2D eigenvalue weighted by Gasteiger charge is -2.15. The fraction of sp³-hybridized carbons (Fsp3) is 0.278. The molecule has 0 unspecified atom stereocenters. The fourth-order valence-corrected chi connectivity index (χ4v) is 5.98. The molecule has 0 aromatic heterocycles. The van der Waals surface area contributed by atoms with Crippen molar-refractivity contribution in [1.29, 1.82) is 0 Å². The summed E-state index contributed by atoms with van der Waals surface area (Å²) in [6.07, 6.45) is 0.355. The summed E-state index contributed by atoms with van der Waals surface area (Å²) in [5.41, 5.74) is 0.125. The molecule has 1 heterocycles. The van der Waals surface area contributed by atoms with Crippen molar-refractivity contribution >= 4 is 54.7 Å². The van der Waals surface area contributed by atoms with Crippen LogP contribution in [0.15, 0.2) is 47.4 Å². The number of carbonyl (C=O) groups is 1. The average molecular weight is 493 g/mol. The summed E-state index contributed by atoms with van der Waals surface area (Å²) in [6.45, 7) is -0.401. The molecule has 1 saturated heterocycles. The Morgan fingerprint density at radius 3 is 2.53 bits per heavy atom. The lowest BCUT2D eigenvalue weighted by molar-refractivity contribution is -0.123. The van der Waals surface area contributed by atoms with Crippen molar-refractivity contribution in [2.75, 3.05) is 22.8 Å². The van der Waals surface area contributed by atoms with Gasteiger partial charge in [-0.15, -0.1) is 0 Å². The molecule has 8 nitrogen and oxygen atoms in total. The molecule has 1 aliphatic heterocycles. The summed E-state index contributed by atoms with van der Waals surface area (Å²) in [7, 11) is -7.10. The Morgan fingerprint density at radius 2 is 1.87 bits per heavy atom. The van der Waals surface area contributed by atoms with Crippen LogP contribution in [0.1, 0.15) is 6.42 Å². The van der Waals surface area contributed by atoms with Gasteiger partial charge in [0.25, 0.3) is 15.9 Å². The second-order valence-corrected chi connectivity index (χ2v) is 11.4. The zero-order valence-electron chi connectivity index (χ0n) is 15.5. The van der Waals surface area contributed by atoms with Gasteiger partial charge in [0, 0.05) is 6.04 Å². The number of para-hydroxylation sites is 2. The van der Waals surface area contributed by atoms with E-state index in [-0.39, 0.29) is 37.9 Å². The fourth-order valence-electron chi connectivity index (χ4n) is 2.85. The third-order valence-corrected chi connectivity index (χ3v) is 8.16. The van der Waals surface area contributed by atoms with Crippen molar-refractivity contribution < 1.29 is 26.4 Å². The van der Waals surface area contributed by atoms with Gasteiger partial charge in [0.15, 0.2) is 16.4 Å². The Bertz CT molecular complexity index is 1170. The number of halogens is 2. The number of ether oxygens (including phenoxy) is 1. The molecule has 2 aromatic carbocycles. The molecule has 1 aliphatic rings. The molecule has 1 amide bonds. The third kappa shape index (κ3) is 5.78. The maximum Gasteiger partial charge on any atom is 0.262 e. The molecule has 1 atom stereocenters. The van der Waals surface area contributed by atoms with E-state index < -0.39 is 38.4 Å². The zero-order valence-corrected chi connectivity index (χ0v) is 18.6. The molecule has 162 valence electrons. The maximum absolute atomic E-state index is 12.6. The van der Waals surface area contributed by atoms with Crippen LogP contribution in [0.25, 0.3) is 0 Å². The van der Waals surface area contributed by atoms with Crippen molar-refractivity contribution in [3.63, 3.8) is 0 Å². The minimum Gasteiger partial charge on any atom is -0.482 e. The molecule has 2 N–H and O–H groups in total. The van der Waals surface area contributed by atoms with Crippen LogP contribution in [-0.4, -0.2) is 46.9 Å². The van der Waals surface area contributed by atoms with E-state index in [1.54, 1.807) is 12.1 Å². The van der Waals surface area contributed by atoms with E-state index in [4.69, 9.17) is 27.9 Å². The van der Waals surface area contributed by atoms with Gasteiger partial charge in [0.05, 0.1) is 32.1 Å². The molecule has 3 rings (SSSR count). The van der Waals surface area contributed by atoms with Gasteiger partial charge in [0.2, 0.25) is 0 Å². The molecular formula is C18H18Cl2N2O6S2. The monoisotopic (exact) mass is 492 g/mol. The molecule has 0 radical (unpaired) electrons. The summed E-state index contributed by atoms with van der Waals surface area (Å²) in [6, 6.07) is 9.65. The number of rotatable bonds is 7. The third-order valence-electron chi connectivity index (χ3n) is 4.29. The minimum absolute atomic E-state index is 0.0398. The van der Waals surface area contributed by atoms with Crippen LogP contribution in [0, 0.1) is 0 Å². The quantitative estimate of drug-likeness (QED) is 0.612. The van der Waals surface area contributed by atoms with Crippen LogP contribution in [0.4, 0.5) is 5.69 Å². The average Bonchev–Trinajstić information content (AvgIpc) is 3.01. The standard InChI is InChI=1S/C18H18Cl2N2O6S2/c19-14-6-5-13(9-15(14)20)30(26,27)22-16-3-1-2-4-17(16)28-10-18(23)21-12-7-8-29(24,25)11-12/h1-6,9,12,22H,7-8,10-11H2,(H,21,23)/t12-/m1/s1. The largest absolute Gasteiger partial charge is 0.482 e. The second-order valence-electron chi connectivity index (χ2n) is 6.63. The molecule has 1 fully saturated rings. The number of anilines is 1. The van der Waals surface area contributed by atoms with Crippen LogP contribution in [0.2, 0.25) is 10.0 Å². The van der Waals surface area contributed by atoms with Crippen molar-refractivity contribution in [3.8, 4) is 5.75 Å². The first-order chi connectivity index (χ1) is 14.1. The molecule has 0 spiro atoms. The highest BCUT2D eigenvalue weighted by atomic mass is 35.5. The van der Waals surface area contributed by atoms with E-state index in [0.717, 1.165) is 0 Å². The predicted molar refractivity (Wildman–Crippen MR) is 114 cm³/mol. The summed E-state index contributed by atoms with van der Waals surface area (Å²) in [5.74, 6) is -0.425. The smallest absolute Gasteiger partial charge is 0.262 e. The molecule has 0 aliphatic carbocycles. The first-order valence-electron chi connectivity index (χ1n) is 8.75. The highest BCUT2D eigenvalue weighted by Gasteiger charge is 2.29. The van der Waals surface area contributed by atoms with Crippen molar-refractivity contribution in [2.24, 2.45) is 0 Å². The Hall–Kier alpha value is -2.01. The maximum atomic E-state index is 12.6. The van der Waals surface area contributed by atoms with E-state index in [2.05, 4.69) is 10.0 Å². The zero-order chi connectivity index (χ0) is 21.9. The summed E-state index contributed by atoms with van der Waals surface area (Å²) in [5, 5.41) is 2.92. The van der Waals surface area contributed by atoms with Crippen molar-refractivity contribution in [1.82, 2.24) is 5.32 Å². The van der Waals surface area contributed by atoms with Crippen LogP contribution in [0.3, 0.4) is 0 Å². The van der Waals surface area contributed by atoms with Gasteiger partial charge in [0.1, 0.15) is 5.75 Å². The SMILES string of the molecule is O=C(COc1ccccc1NS(=O)(=O)c1ccc(Cl)c(Cl)c1)N[C@@H]1CCS(=O)(=O)C1. The van der Waals surface area contributed by atoms with E-state index in [9.17, 15) is 21.6 Å². The van der Waals surface area contributed by atoms with Crippen LogP contribution >= 0.6 is 23.2 Å².